The van der Waals surface area contributed by atoms with Crippen LogP contribution in [0, 0.1) is 0 Å². The summed E-state index contributed by atoms with van der Waals surface area (Å²) in [6, 6.07) is 38.4. The van der Waals surface area contributed by atoms with Crippen molar-refractivity contribution < 1.29 is 9.47 Å². The van der Waals surface area contributed by atoms with Crippen LogP contribution < -0.4 is 9.47 Å². The van der Waals surface area contributed by atoms with Crippen LogP contribution in [0.4, 0.5) is 0 Å². The van der Waals surface area contributed by atoms with E-state index >= 15 is 0 Å². The zero-order chi connectivity index (χ0) is 35.5. The van der Waals surface area contributed by atoms with Crippen molar-refractivity contribution in [1.29, 1.82) is 0 Å². The summed E-state index contributed by atoms with van der Waals surface area (Å²) in [7, 11) is 0. The lowest BCUT2D eigenvalue weighted by atomic mass is 9.92. The van der Waals surface area contributed by atoms with Crippen LogP contribution in [0.3, 0.4) is 0 Å². The van der Waals surface area contributed by atoms with E-state index in [4.69, 9.17) is 9.47 Å². The maximum absolute atomic E-state index is 6.41. The van der Waals surface area contributed by atoms with Gasteiger partial charge in [0.1, 0.15) is 11.5 Å². The minimum Gasteiger partial charge on any atom is -0.493 e. The van der Waals surface area contributed by atoms with E-state index in [1.165, 1.54) is 11.1 Å². The van der Waals surface area contributed by atoms with E-state index in [0.29, 0.717) is 13.2 Å². The fourth-order valence-electron chi connectivity index (χ4n) is 6.95. The average molecular weight is 821 g/mol. The molecule has 7 rings (SSSR count). The van der Waals surface area contributed by atoms with Gasteiger partial charge in [-0.15, -0.1) is 0 Å². The van der Waals surface area contributed by atoms with Crippen LogP contribution in [0.2, 0.25) is 0 Å². The molecule has 0 aliphatic rings. The molecule has 3 aromatic carbocycles. The summed E-state index contributed by atoms with van der Waals surface area (Å²) < 4.78 is 14.9. The van der Waals surface area contributed by atoms with E-state index in [0.717, 1.165) is 92.9 Å². The van der Waals surface area contributed by atoms with Gasteiger partial charge in [-0.25, -0.2) is 0 Å². The molecular formula is C44H44Br2N4O2. The largest absolute Gasteiger partial charge is 0.493 e. The molecular weight excluding hydrogens is 776 g/mol. The first-order valence-electron chi connectivity index (χ1n) is 18.1. The van der Waals surface area contributed by atoms with Crippen LogP contribution in [0.1, 0.15) is 82.5 Å². The van der Waals surface area contributed by atoms with E-state index in [1.807, 2.05) is 49.1 Å². The monoisotopic (exact) mass is 818 g/mol. The minimum absolute atomic E-state index is 0.0331. The average Bonchev–Trinajstić information content (AvgIpc) is 4.01. The van der Waals surface area contributed by atoms with Gasteiger partial charge in [-0.1, -0.05) is 56.1 Å². The number of aromatic amines is 4. The van der Waals surface area contributed by atoms with Gasteiger partial charge in [0.15, 0.2) is 0 Å². The molecule has 8 heteroatoms. The summed E-state index contributed by atoms with van der Waals surface area (Å²) >= 11 is 7.36. The predicted molar refractivity (Wildman–Crippen MR) is 217 cm³/mol. The van der Waals surface area contributed by atoms with Gasteiger partial charge in [0.05, 0.1) is 25.0 Å². The lowest BCUT2D eigenvalue weighted by Crippen LogP contribution is -2.08. The van der Waals surface area contributed by atoms with Crippen molar-refractivity contribution in [1.82, 2.24) is 19.9 Å². The highest BCUT2D eigenvalue weighted by Gasteiger charge is 2.24. The molecule has 0 radical (unpaired) electrons. The molecule has 0 atom stereocenters. The Balaban J connectivity index is 0.862. The van der Waals surface area contributed by atoms with E-state index in [9.17, 15) is 0 Å². The van der Waals surface area contributed by atoms with Crippen molar-refractivity contribution in [3.63, 3.8) is 0 Å². The number of unbranched alkanes of at least 4 members (excludes halogenated alkanes) is 2. The Bertz CT molecular complexity index is 1850. The normalized spacial score (nSPS) is 11.5. The third-order valence-electron chi connectivity index (χ3n) is 9.56. The molecule has 4 heterocycles. The third kappa shape index (κ3) is 9.03. The smallest absolute Gasteiger partial charge is 0.123 e. The van der Waals surface area contributed by atoms with Gasteiger partial charge in [0, 0.05) is 67.6 Å². The SMILES string of the molecule is Brc1ccc(OCCCCc2ccc(CCCCOc3ccc(Br)cc3C(c3ccc[nH]3)c3ccc[nH]3)cc2)c(C(c2ccc[nH]2)c2ccc[nH]2)c1. The molecule has 6 nitrogen and oxygen atoms in total. The Morgan fingerprint density at radius 2 is 0.808 bits per heavy atom. The molecule has 4 N–H and O–H groups in total. The number of hydrogen-bond acceptors (Lipinski definition) is 2. The van der Waals surface area contributed by atoms with Crippen molar-refractivity contribution in [2.24, 2.45) is 0 Å². The number of ether oxygens (including phenoxy) is 2. The van der Waals surface area contributed by atoms with Crippen LogP contribution in [0.25, 0.3) is 0 Å². The Kier molecular flexibility index (Phi) is 12.2. The molecule has 0 fully saturated rings. The summed E-state index contributed by atoms with van der Waals surface area (Å²) in [5, 5.41) is 0. The quantitative estimate of drug-likeness (QED) is 0.0651. The summed E-state index contributed by atoms with van der Waals surface area (Å²) in [6.45, 7) is 1.36. The summed E-state index contributed by atoms with van der Waals surface area (Å²) in [4.78, 5) is 13.6. The van der Waals surface area contributed by atoms with Gasteiger partial charge in [0.2, 0.25) is 0 Å². The first kappa shape index (κ1) is 35.7. The van der Waals surface area contributed by atoms with E-state index in [1.54, 1.807) is 0 Å². The molecule has 0 aliphatic heterocycles. The zero-order valence-corrected chi connectivity index (χ0v) is 32.3. The van der Waals surface area contributed by atoms with Gasteiger partial charge in [0.25, 0.3) is 0 Å². The molecule has 0 bridgehead atoms. The molecule has 0 spiro atoms. The number of H-pyrrole nitrogens is 4. The number of halogens is 2. The Labute approximate surface area is 322 Å². The second kappa shape index (κ2) is 17.7. The van der Waals surface area contributed by atoms with Crippen LogP contribution in [0.5, 0.6) is 11.5 Å². The minimum atomic E-state index is 0.0331. The number of aryl methyl sites for hydroxylation is 2. The molecule has 52 heavy (non-hydrogen) atoms. The van der Waals surface area contributed by atoms with Crippen molar-refractivity contribution >= 4 is 31.9 Å². The van der Waals surface area contributed by atoms with Gasteiger partial charge >= 0.3 is 0 Å². The predicted octanol–water partition coefficient (Wildman–Crippen LogP) is 11.7. The number of nitrogens with one attached hydrogen (secondary N) is 4. The van der Waals surface area contributed by atoms with Crippen LogP contribution >= 0.6 is 31.9 Å². The van der Waals surface area contributed by atoms with Gasteiger partial charge < -0.3 is 29.4 Å². The van der Waals surface area contributed by atoms with E-state index in [-0.39, 0.29) is 11.8 Å². The second-order valence-electron chi connectivity index (χ2n) is 13.2. The molecule has 0 amide bonds. The first-order valence-corrected chi connectivity index (χ1v) is 19.7. The van der Waals surface area contributed by atoms with Gasteiger partial charge in [-0.05, 0) is 135 Å². The molecule has 0 saturated heterocycles. The van der Waals surface area contributed by atoms with Crippen molar-refractivity contribution in [3.8, 4) is 11.5 Å². The molecule has 0 unspecified atom stereocenters. The summed E-state index contributed by atoms with van der Waals surface area (Å²) in [5.41, 5.74) is 9.52. The second-order valence-corrected chi connectivity index (χ2v) is 15.0. The third-order valence-corrected chi connectivity index (χ3v) is 10.5. The van der Waals surface area contributed by atoms with Crippen molar-refractivity contribution in [2.45, 2.75) is 50.4 Å². The van der Waals surface area contributed by atoms with Gasteiger partial charge in [-0.2, -0.15) is 0 Å². The Morgan fingerprint density at radius 3 is 1.13 bits per heavy atom. The Hall–Kier alpha value is -4.66. The zero-order valence-electron chi connectivity index (χ0n) is 29.1. The van der Waals surface area contributed by atoms with E-state index < -0.39 is 0 Å². The van der Waals surface area contributed by atoms with Crippen LogP contribution in [0.15, 0.2) is 143 Å². The standard InChI is InChI=1S/C44H44Br2N4O2/c45-33-19-21-41(35(29-33)43(37-11-5-23-47-37)38-12-6-24-48-38)51-27-3-1-9-31-15-17-32(18-16-31)10-2-4-28-52-42-22-20-34(46)30-36(42)44(39-13-7-25-49-39)40-14-8-26-50-40/h5-8,11-26,29-30,43-44,47-50H,1-4,9-10,27-28H2. The van der Waals surface area contributed by atoms with Crippen LogP contribution in [-0.2, 0) is 12.8 Å². The van der Waals surface area contributed by atoms with E-state index in [2.05, 4.69) is 137 Å². The lowest BCUT2D eigenvalue weighted by molar-refractivity contribution is 0.303. The number of benzene rings is 3. The number of rotatable bonds is 18. The van der Waals surface area contributed by atoms with Gasteiger partial charge in [-0.3, -0.25) is 0 Å². The lowest BCUT2D eigenvalue weighted by Gasteiger charge is -2.20. The summed E-state index contributed by atoms with van der Waals surface area (Å²) in [6.07, 6.45) is 14.1. The molecule has 0 aliphatic carbocycles. The molecule has 0 saturated carbocycles. The van der Waals surface area contributed by atoms with Crippen LogP contribution in [-0.4, -0.2) is 33.1 Å². The highest BCUT2D eigenvalue weighted by molar-refractivity contribution is 9.10. The maximum Gasteiger partial charge on any atom is 0.123 e. The fraction of sp³-hybridized carbons (Fsp3) is 0.227. The highest BCUT2D eigenvalue weighted by Crippen LogP contribution is 2.39. The Morgan fingerprint density at radius 1 is 0.442 bits per heavy atom. The fourth-order valence-corrected chi connectivity index (χ4v) is 7.71. The molecule has 266 valence electrons. The molecule has 4 aromatic heterocycles. The maximum atomic E-state index is 6.41. The van der Waals surface area contributed by atoms with Crippen molar-refractivity contribution in [2.75, 3.05) is 13.2 Å². The first-order chi connectivity index (χ1) is 25.6. The number of hydrogen-bond donors (Lipinski definition) is 4. The highest BCUT2D eigenvalue weighted by atomic mass is 79.9. The topological polar surface area (TPSA) is 81.6 Å². The van der Waals surface area contributed by atoms with Crippen molar-refractivity contribution in [3.05, 3.63) is 188 Å². The summed E-state index contributed by atoms with van der Waals surface area (Å²) in [5.74, 6) is 1.90. The number of aromatic nitrogens is 4. The molecule has 7 aromatic rings.